The van der Waals surface area contributed by atoms with Crippen LogP contribution < -0.4 is 4.74 Å². The van der Waals surface area contributed by atoms with Crippen LogP contribution in [0.3, 0.4) is 0 Å². The number of nitrogens with zero attached hydrogens (tertiary/aromatic N) is 2. The molecule has 0 unspecified atom stereocenters. The summed E-state index contributed by atoms with van der Waals surface area (Å²) in [4.78, 5) is 11.1. The zero-order valence-corrected chi connectivity index (χ0v) is 13.9. The van der Waals surface area contributed by atoms with Crippen LogP contribution in [0.1, 0.15) is 17.0 Å². The molecule has 122 valence electrons. The van der Waals surface area contributed by atoms with Crippen molar-refractivity contribution in [3.63, 3.8) is 0 Å². The summed E-state index contributed by atoms with van der Waals surface area (Å²) in [6, 6.07) is 17.6. The van der Waals surface area contributed by atoms with Crippen molar-refractivity contribution in [1.82, 2.24) is 15.0 Å². The second-order valence-corrected chi connectivity index (χ2v) is 5.92. The van der Waals surface area contributed by atoms with E-state index in [0.717, 1.165) is 45.2 Å². The number of rotatable bonds is 3. The number of hydrogen-bond donors (Lipinski definition) is 2. The minimum Gasteiger partial charge on any atom is -0.457 e. The Hall–Kier alpha value is -3.52. The van der Waals surface area contributed by atoms with Gasteiger partial charge in [0.1, 0.15) is 29.1 Å². The molecule has 2 aromatic heterocycles. The van der Waals surface area contributed by atoms with Crippen molar-refractivity contribution in [3.05, 3.63) is 65.5 Å². The van der Waals surface area contributed by atoms with Crippen molar-refractivity contribution in [2.45, 2.75) is 13.8 Å². The number of benzene rings is 2. The van der Waals surface area contributed by atoms with Gasteiger partial charge in [0, 0.05) is 17.3 Å². The molecule has 0 aliphatic heterocycles. The summed E-state index contributed by atoms with van der Waals surface area (Å²) in [7, 11) is 0. The van der Waals surface area contributed by atoms with Gasteiger partial charge in [0.2, 0.25) is 0 Å². The van der Waals surface area contributed by atoms with Crippen LogP contribution in [0.15, 0.2) is 48.5 Å². The average Bonchev–Trinajstić information content (AvgIpc) is 3.15. The maximum absolute atomic E-state index is 9.19. The quantitative estimate of drug-likeness (QED) is 0.565. The first-order valence-electron chi connectivity index (χ1n) is 7.98. The molecule has 0 spiro atoms. The number of fused-ring (bicyclic) bond motifs is 1. The molecular weight excluding hydrogens is 312 g/mol. The standard InChI is InChI=1S/C20H16N4O/c1-12-18(11-21)22-13(2)19(12)20-23-16-9-8-15(10-17(16)24-20)25-14-6-4-3-5-7-14/h3-10,22H,1-2H3,(H,23,24). The van der Waals surface area contributed by atoms with E-state index in [2.05, 4.69) is 21.0 Å². The third-order valence-corrected chi connectivity index (χ3v) is 4.22. The fourth-order valence-corrected chi connectivity index (χ4v) is 3.01. The predicted octanol–water partition coefficient (Wildman–Crippen LogP) is 4.84. The summed E-state index contributed by atoms with van der Waals surface area (Å²) in [5.74, 6) is 2.27. The van der Waals surface area contributed by atoms with Crippen LogP contribution in [0.5, 0.6) is 11.5 Å². The highest BCUT2D eigenvalue weighted by Crippen LogP contribution is 2.30. The van der Waals surface area contributed by atoms with Crippen molar-refractivity contribution >= 4 is 11.0 Å². The number of H-pyrrole nitrogens is 2. The fourth-order valence-electron chi connectivity index (χ4n) is 3.01. The lowest BCUT2D eigenvalue weighted by Crippen LogP contribution is -1.84. The van der Waals surface area contributed by atoms with Gasteiger partial charge in [-0.05, 0) is 43.7 Å². The molecule has 0 saturated carbocycles. The van der Waals surface area contributed by atoms with E-state index < -0.39 is 0 Å². The zero-order chi connectivity index (χ0) is 17.4. The van der Waals surface area contributed by atoms with E-state index in [1.165, 1.54) is 0 Å². The second-order valence-electron chi connectivity index (χ2n) is 5.92. The van der Waals surface area contributed by atoms with Gasteiger partial charge < -0.3 is 14.7 Å². The lowest BCUT2D eigenvalue weighted by molar-refractivity contribution is 0.483. The fraction of sp³-hybridized carbons (Fsp3) is 0.100. The van der Waals surface area contributed by atoms with E-state index in [-0.39, 0.29) is 0 Å². The first-order chi connectivity index (χ1) is 12.2. The van der Waals surface area contributed by atoms with Gasteiger partial charge in [-0.1, -0.05) is 18.2 Å². The molecule has 5 nitrogen and oxygen atoms in total. The van der Waals surface area contributed by atoms with Crippen molar-refractivity contribution in [2.24, 2.45) is 0 Å². The van der Waals surface area contributed by atoms with Gasteiger partial charge in [-0.3, -0.25) is 0 Å². The van der Waals surface area contributed by atoms with E-state index in [1.807, 2.05) is 62.4 Å². The van der Waals surface area contributed by atoms with Crippen molar-refractivity contribution < 1.29 is 4.74 Å². The molecule has 2 aromatic carbocycles. The molecule has 0 amide bonds. The third-order valence-electron chi connectivity index (χ3n) is 4.22. The Balaban J connectivity index is 1.74. The Morgan fingerprint density at radius 1 is 1.00 bits per heavy atom. The van der Waals surface area contributed by atoms with E-state index in [0.29, 0.717) is 5.69 Å². The first-order valence-corrected chi connectivity index (χ1v) is 7.98. The van der Waals surface area contributed by atoms with E-state index in [9.17, 15) is 5.26 Å². The van der Waals surface area contributed by atoms with Crippen molar-refractivity contribution in [3.8, 4) is 29.0 Å². The maximum atomic E-state index is 9.19. The van der Waals surface area contributed by atoms with Crippen molar-refractivity contribution in [2.75, 3.05) is 0 Å². The molecule has 0 aliphatic carbocycles. The Kier molecular flexibility index (Phi) is 3.51. The molecule has 25 heavy (non-hydrogen) atoms. The largest absolute Gasteiger partial charge is 0.457 e. The smallest absolute Gasteiger partial charge is 0.140 e. The molecule has 4 aromatic rings. The number of aromatic nitrogens is 3. The van der Waals surface area contributed by atoms with E-state index >= 15 is 0 Å². The number of para-hydroxylation sites is 1. The number of nitriles is 1. The summed E-state index contributed by atoms with van der Waals surface area (Å²) in [6.07, 6.45) is 0. The van der Waals surface area contributed by atoms with Crippen LogP contribution in [-0.4, -0.2) is 15.0 Å². The summed E-state index contributed by atoms with van der Waals surface area (Å²) in [5, 5.41) is 9.19. The number of aryl methyl sites for hydroxylation is 1. The minimum atomic E-state index is 0.570. The summed E-state index contributed by atoms with van der Waals surface area (Å²) in [5.41, 5.74) is 5.09. The SMILES string of the molecule is Cc1[nH]c(C#N)c(C)c1-c1nc2cc(Oc3ccccc3)ccc2[nH]1. The van der Waals surface area contributed by atoms with Gasteiger partial charge in [0.15, 0.2) is 0 Å². The van der Waals surface area contributed by atoms with Crippen LogP contribution in [0.4, 0.5) is 0 Å². The van der Waals surface area contributed by atoms with Gasteiger partial charge in [-0.2, -0.15) is 5.26 Å². The number of nitrogens with one attached hydrogen (secondary N) is 2. The van der Waals surface area contributed by atoms with Gasteiger partial charge in [-0.25, -0.2) is 4.98 Å². The van der Waals surface area contributed by atoms with Gasteiger partial charge >= 0.3 is 0 Å². The number of hydrogen-bond acceptors (Lipinski definition) is 3. The Morgan fingerprint density at radius 2 is 1.80 bits per heavy atom. The number of ether oxygens (including phenoxy) is 1. The molecule has 0 saturated heterocycles. The highest BCUT2D eigenvalue weighted by atomic mass is 16.5. The number of aromatic amines is 2. The van der Waals surface area contributed by atoms with E-state index in [1.54, 1.807) is 0 Å². The van der Waals surface area contributed by atoms with Gasteiger partial charge in [0.05, 0.1) is 11.0 Å². The Labute approximate surface area is 144 Å². The highest BCUT2D eigenvalue weighted by molar-refractivity contribution is 5.82. The third kappa shape index (κ3) is 2.64. The molecule has 0 fully saturated rings. The molecule has 0 aliphatic rings. The molecule has 2 heterocycles. The summed E-state index contributed by atoms with van der Waals surface area (Å²) >= 11 is 0. The van der Waals surface area contributed by atoms with Crippen LogP contribution in [0, 0.1) is 25.2 Å². The van der Waals surface area contributed by atoms with Gasteiger partial charge in [-0.15, -0.1) is 0 Å². The molecule has 0 bridgehead atoms. The lowest BCUT2D eigenvalue weighted by Gasteiger charge is -2.04. The number of imidazole rings is 1. The second kappa shape index (κ2) is 5.84. The average molecular weight is 328 g/mol. The Bertz CT molecular complexity index is 1100. The normalized spacial score (nSPS) is 10.8. The monoisotopic (exact) mass is 328 g/mol. The molecule has 5 heteroatoms. The Morgan fingerprint density at radius 3 is 2.52 bits per heavy atom. The van der Waals surface area contributed by atoms with Crippen molar-refractivity contribution in [1.29, 1.82) is 5.26 Å². The molecule has 4 rings (SSSR count). The molecular formula is C20H16N4O. The van der Waals surface area contributed by atoms with Crippen LogP contribution in [0.25, 0.3) is 22.4 Å². The van der Waals surface area contributed by atoms with Crippen LogP contribution in [-0.2, 0) is 0 Å². The lowest BCUT2D eigenvalue weighted by atomic mass is 10.1. The molecule has 2 N–H and O–H groups in total. The summed E-state index contributed by atoms with van der Waals surface area (Å²) < 4.78 is 5.87. The van der Waals surface area contributed by atoms with Crippen LogP contribution in [0.2, 0.25) is 0 Å². The van der Waals surface area contributed by atoms with Gasteiger partial charge in [0.25, 0.3) is 0 Å². The maximum Gasteiger partial charge on any atom is 0.140 e. The zero-order valence-electron chi connectivity index (χ0n) is 13.9. The highest BCUT2D eigenvalue weighted by Gasteiger charge is 2.16. The summed E-state index contributed by atoms with van der Waals surface area (Å²) in [6.45, 7) is 3.87. The minimum absolute atomic E-state index is 0.570. The topological polar surface area (TPSA) is 77.5 Å². The van der Waals surface area contributed by atoms with E-state index in [4.69, 9.17) is 4.74 Å². The predicted molar refractivity (Wildman–Crippen MR) is 96.6 cm³/mol. The molecule has 0 radical (unpaired) electrons. The first kappa shape index (κ1) is 15.0. The molecule has 0 atom stereocenters. The van der Waals surface area contributed by atoms with Crippen LogP contribution >= 0.6 is 0 Å².